The van der Waals surface area contributed by atoms with Crippen LogP contribution in [-0.2, 0) is 5.41 Å². The first-order chi connectivity index (χ1) is 10.4. The summed E-state index contributed by atoms with van der Waals surface area (Å²) in [7, 11) is 0. The summed E-state index contributed by atoms with van der Waals surface area (Å²) in [5, 5.41) is 0. The number of benzene rings is 2. The van der Waals surface area contributed by atoms with Crippen molar-refractivity contribution in [3.63, 3.8) is 0 Å². The van der Waals surface area contributed by atoms with Gasteiger partial charge in [0.05, 0.1) is 0 Å². The zero-order valence-corrected chi connectivity index (χ0v) is 14.2. The number of Topliss-reactive ketones (excluding diaryl/α,β-unsaturated/α-hetero) is 1. The number of hydrogen-bond donors (Lipinski definition) is 0. The zero-order chi connectivity index (χ0) is 16.2. The zero-order valence-electron chi connectivity index (χ0n) is 13.5. The van der Waals surface area contributed by atoms with E-state index in [1.807, 2.05) is 30.3 Å². The number of ketones is 1. The predicted octanol–water partition coefficient (Wildman–Crippen LogP) is 5.58. The van der Waals surface area contributed by atoms with Gasteiger partial charge < -0.3 is 0 Å². The minimum Gasteiger partial charge on any atom is -0.293 e. The Morgan fingerprint density at radius 3 is 2.09 bits per heavy atom. The molecule has 0 bridgehead atoms. The highest BCUT2D eigenvalue weighted by molar-refractivity contribution is 6.18. The fourth-order valence-electron chi connectivity index (χ4n) is 2.58. The molecule has 0 N–H and O–H groups in total. The first-order valence-corrected chi connectivity index (χ1v) is 8.22. The molecule has 116 valence electrons. The van der Waals surface area contributed by atoms with Crippen molar-refractivity contribution >= 4 is 17.4 Å². The van der Waals surface area contributed by atoms with Gasteiger partial charge in [0.25, 0.3) is 0 Å². The topological polar surface area (TPSA) is 17.1 Å². The van der Waals surface area contributed by atoms with Crippen LogP contribution in [-0.4, -0.2) is 11.7 Å². The Labute approximate surface area is 138 Å². The van der Waals surface area contributed by atoms with Gasteiger partial charge in [-0.25, -0.2) is 0 Å². The Balaban J connectivity index is 2.30. The highest BCUT2D eigenvalue weighted by Gasteiger charge is 2.22. The fraction of sp³-hybridized carbons (Fsp3) is 0.350. The van der Waals surface area contributed by atoms with Crippen LogP contribution >= 0.6 is 11.6 Å². The molecule has 0 aliphatic heterocycles. The number of carbonyl (C=O) groups excluding carboxylic acids is 1. The Bertz CT molecular complexity index is 608. The van der Waals surface area contributed by atoms with Crippen molar-refractivity contribution < 1.29 is 4.79 Å². The molecule has 1 unspecified atom stereocenters. The molecule has 0 heterocycles. The van der Waals surface area contributed by atoms with Gasteiger partial charge in [-0.05, 0) is 23.0 Å². The maximum atomic E-state index is 12.8. The molecule has 0 saturated heterocycles. The van der Waals surface area contributed by atoms with Crippen molar-refractivity contribution in [1.29, 1.82) is 0 Å². The summed E-state index contributed by atoms with van der Waals surface area (Å²) < 4.78 is 0. The standard InChI is InChI=1S/C20H23ClO/c1-20(2,3)17-11-9-15(10-12-17)18(13-14-21)19(22)16-7-5-4-6-8-16/h4-12,18H,13-14H2,1-3H3. The highest BCUT2D eigenvalue weighted by atomic mass is 35.5. The average molecular weight is 315 g/mol. The van der Waals surface area contributed by atoms with E-state index in [9.17, 15) is 4.79 Å². The normalized spacial score (nSPS) is 12.9. The largest absolute Gasteiger partial charge is 0.293 e. The molecule has 2 rings (SSSR count). The molecule has 0 aromatic heterocycles. The lowest BCUT2D eigenvalue weighted by Crippen LogP contribution is -2.15. The predicted molar refractivity (Wildman–Crippen MR) is 94.0 cm³/mol. The first kappa shape index (κ1) is 16.8. The van der Waals surface area contributed by atoms with Crippen molar-refractivity contribution in [3.8, 4) is 0 Å². The number of rotatable bonds is 5. The van der Waals surface area contributed by atoms with Crippen LogP contribution in [0.2, 0.25) is 0 Å². The van der Waals surface area contributed by atoms with E-state index in [2.05, 4.69) is 45.0 Å². The molecular formula is C20H23ClO. The van der Waals surface area contributed by atoms with Gasteiger partial charge in [-0.15, -0.1) is 11.6 Å². The summed E-state index contributed by atoms with van der Waals surface area (Å²) in [6.07, 6.45) is 0.657. The number of halogens is 1. The Kier molecular flexibility index (Phi) is 5.42. The van der Waals surface area contributed by atoms with Gasteiger partial charge in [0.15, 0.2) is 5.78 Å². The molecule has 0 fully saturated rings. The second kappa shape index (κ2) is 7.11. The van der Waals surface area contributed by atoms with E-state index in [-0.39, 0.29) is 17.1 Å². The molecule has 0 aliphatic carbocycles. The molecule has 2 aromatic rings. The van der Waals surface area contributed by atoms with Gasteiger partial charge in [-0.1, -0.05) is 75.4 Å². The summed E-state index contributed by atoms with van der Waals surface area (Å²) in [4.78, 5) is 12.8. The van der Waals surface area contributed by atoms with E-state index in [1.165, 1.54) is 5.56 Å². The third-order valence-corrected chi connectivity index (χ3v) is 4.17. The molecule has 0 amide bonds. The second-order valence-electron chi connectivity index (χ2n) is 6.63. The lowest BCUT2D eigenvalue weighted by molar-refractivity contribution is 0.0957. The van der Waals surface area contributed by atoms with Crippen molar-refractivity contribution in [1.82, 2.24) is 0 Å². The monoisotopic (exact) mass is 314 g/mol. The third kappa shape index (κ3) is 3.98. The summed E-state index contributed by atoms with van der Waals surface area (Å²) in [5.74, 6) is 0.447. The molecule has 0 radical (unpaired) electrons. The SMILES string of the molecule is CC(C)(C)c1ccc(C(CCCl)C(=O)c2ccccc2)cc1. The number of hydrogen-bond acceptors (Lipinski definition) is 1. The molecule has 0 saturated carbocycles. The van der Waals surface area contributed by atoms with Crippen LogP contribution < -0.4 is 0 Å². The van der Waals surface area contributed by atoms with Crippen molar-refractivity contribution in [3.05, 3.63) is 71.3 Å². The van der Waals surface area contributed by atoms with Gasteiger partial charge in [-0.2, -0.15) is 0 Å². The van der Waals surface area contributed by atoms with Crippen LogP contribution in [0.3, 0.4) is 0 Å². The lowest BCUT2D eigenvalue weighted by Gasteiger charge is -2.21. The van der Waals surface area contributed by atoms with Crippen LogP contribution in [0.5, 0.6) is 0 Å². The van der Waals surface area contributed by atoms with Crippen LogP contribution in [0.25, 0.3) is 0 Å². The van der Waals surface area contributed by atoms with E-state index >= 15 is 0 Å². The maximum absolute atomic E-state index is 12.8. The molecule has 1 atom stereocenters. The molecule has 1 nitrogen and oxygen atoms in total. The van der Waals surface area contributed by atoms with Crippen LogP contribution in [0, 0.1) is 0 Å². The van der Waals surface area contributed by atoms with E-state index in [1.54, 1.807) is 0 Å². The summed E-state index contributed by atoms with van der Waals surface area (Å²) >= 11 is 5.93. The van der Waals surface area contributed by atoms with E-state index in [4.69, 9.17) is 11.6 Å². The van der Waals surface area contributed by atoms with Crippen LogP contribution in [0.1, 0.15) is 54.6 Å². The van der Waals surface area contributed by atoms with Gasteiger partial charge >= 0.3 is 0 Å². The fourth-order valence-corrected chi connectivity index (χ4v) is 2.80. The van der Waals surface area contributed by atoms with Crippen molar-refractivity contribution in [2.45, 2.75) is 38.5 Å². The summed E-state index contributed by atoms with van der Waals surface area (Å²) in [6, 6.07) is 17.8. The Morgan fingerprint density at radius 2 is 1.59 bits per heavy atom. The highest BCUT2D eigenvalue weighted by Crippen LogP contribution is 2.28. The smallest absolute Gasteiger partial charge is 0.170 e. The second-order valence-corrected chi connectivity index (χ2v) is 7.01. The van der Waals surface area contributed by atoms with Crippen molar-refractivity contribution in [2.75, 3.05) is 5.88 Å². The molecule has 0 aliphatic rings. The minimum atomic E-state index is -0.172. The third-order valence-electron chi connectivity index (χ3n) is 3.95. The van der Waals surface area contributed by atoms with Gasteiger partial charge in [0.1, 0.15) is 0 Å². The van der Waals surface area contributed by atoms with Crippen LogP contribution in [0.4, 0.5) is 0 Å². The molecule has 0 spiro atoms. The average Bonchev–Trinajstić information content (AvgIpc) is 2.52. The van der Waals surface area contributed by atoms with Gasteiger partial charge in [-0.3, -0.25) is 4.79 Å². The van der Waals surface area contributed by atoms with Gasteiger partial charge in [0, 0.05) is 17.4 Å². The molecule has 2 aromatic carbocycles. The first-order valence-electron chi connectivity index (χ1n) is 7.69. The molecule has 22 heavy (non-hydrogen) atoms. The number of carbonyl (C=O) groups is 1. The van der Waals surface area contributed by atoms with Crippen LogP contribution in [0.15, 0.2) is 54.6 Å². The summed E-state index contributed by atoms with van der Waals surface area (Å²) in [5.41, 5.74) is 3.18. The quantitative estimate of drug-likeness (QED) is 0.520. The van der Waals surface area contributed by atoms with Gasteiger partial charge in [0.2, 0.25) is 0 Å². The van der Waals surface area contributed by atoms with E-state index in [0.717, 1.165) is 11.1 Å². The van der Waals surface area contributed by atoms with E-state index in [0.29, 0.717) is 12.3 Å². The van der Waals surface area contributed by atoms with E-state index < -0.39 is 0 Å². The Morgan fingerprint density at radius 1 is 1.00 bits per heavy atom. The lowest BCUT2D eigenvalue weighted by atomic mass is 9.83. The molecule has 2 heteroatoms. The van der Waals surface area contributed by atoms with Crippen molar-refractivity contribution in [2.24, 2.45) is 0 Å². The minimum absolute atomic E-state index is 0.115. The number of alkyl halides is 1. The Hall–Kier alpha value is -1.60. The molecular weight excluding hydrogens is 292 g/mol. The maximum Gasteiger partial charge on any atom is 0.170 e. The summed E-state index contributed by atoms with van der Waals surface area (Å²) in [6.45, 7) is 6.56.